The van der Waals surface area contributed by atoms with E-state index < -0.39 is 11.1 Å². The van der Waals surface area contributed by atoms with Gasteiger partial charge in [-0.3, -0.25) is 14.6 Å². The van der Waals surface area contributed by atoms with Gasteiger partial charge in [-0.15, -0.1) is 0 Å². The minimum atomic E-state index is -0.632. The van der Waals surface area contributed by atoms with Gasteiger partial charge < -0.3 is 10.2 Å². The summed E-state index contributed by atoms with van der Waals surface area (Å²) in [6, 6.07) is 3.86. The van der Waals surface area contributed by atoms with Crippen molar-refractivity contribution in [2.24, 2.45) is 4.99 Å². The molecule has 0 bridgehead atoms. The molecule has 0 radical (unpaired) electrons. The first-order valence-corrected chi connectivity index (χ1v) is 14.3. The summed E-state index contributed by atoms with van der Waals surface area (Å²) >= 11 is 6.33. The van der Waals surface area contributed by atoms with Gasteiger partial charge in [-0.05, 0) is 61.5 Å². The molecule has 0 aromatic carbocycles. The second-order valence-electron chi connectivity index (χ2n) is 10.9. The van der Waals surface area contributed by atoms with Crippen LogP contribution < -0.4 is 5.32 Å². The number of amides is 2. The molecule has 2 amide bonds. The number of hydrogen-bond donors (Lipinski definition) is 1. The molecule has 7 heteroatoms. The average molecular weight is 555 g/mol. The highest BCUT2D eigenvalue weighted by Crippen LogP contribution is 2.50. The van der Waals surface area contributed by atoms with E-state index in [1.54, 1.807) is 6.20 Å². The number of rotatable bonds is 9. The van der Waals surface area contributed by atoms with Gasteiger partial charge in [0, 0.05) is 29.8 Å². The third kappa shape index (κ3) is 5.08. The molecule has 2 aliphatic heterocycles. The van der Waals surface area contributed by atoms with Crippen LogP contribution in [0, 0.1) is 0 Å². The summed E-state index contributed by atoms with van der Waals surface area (Å²) in [5.41, 5.74) is 3.22. The number of carbonyl (C=O) groups excluding carboxylic acids is 2. The number of nitrogens with one attached hydrogen (secondary N) is 1. The van der Waals surface area contributed by atoms with Crippen LogP contribution in [-0.4, -0.2) is 39.6 Å². The second kappa shape index (κ2) is 11.4. The Morgan fingerprint density at radius 3 is 2.77 bits per heavy atom. The molecule has 1 spiro atoms. The predicted molar refractivity (Wildman–Crippen MR) is 162 cm³/mol. The Bertz CT molecular complexity index is 1460. The fourth-order valence-electron chi connectivity index (χ4n) is 6.00. The van der Waals surface area contributed by atoms with Gasteiger partial charge in [0.1, 0.15) is 17.2 Å². The Labute approximate surface area is 241 Å². The van der Waals surface area contributed by atoms with Gasteiger partial charge in [0.2, 0.25) is 5.91 Å². The Kier molecular flexibility index (Phi) is 7.90. The minimum absolute atomic E-state index is 0.00902. The van der Waals surface area contributed by atoms with Crippen molar-refractivity contribution >= 4 is 34.9 Å². The molecule has 1 aromatic heterocycles. The lowest BCUT2D eigenvalue weighted by molar-refractivity contribution is -0.126. The van der Waals surface area contributed by atoms with Gasteiger partial charge in [-0.1, -0.05) is 86.2 Å². The SMILES string of the molecule is C=CC1=C(/C=C/C=C/CN2C(=O)C(C3=CC=CC=C(Cl)C3)=NC2(C)CCCC)CC2(C1)C(=O)Nc1ncccc12. The van der Waals surface area contributed by atoms with Gasteiger partial charge in [-0.25, -0.2) is 4.98 Å². The topological polar surface area (TPSA) is 74.7 Å². The van der Waals surface area contributed by atoms with E-state index in [0.29, 0.717) is 42.4 Å². The summed E-state index contributed by atoms with van der Waals surface area (Å²) in [5.74, 6) is 0.579. The van der Waals surface area contributed by atoms with Crippen LogP contribution in [0.5, 0.6) is 0 Å². The summed E-state index contributed by atoms with van der Waals surface area (Å²) in [4.78, 5) is 37.8. The van der Waals surface area contributed by atoms with Crippen molar-refractivity contribution in [2.75, 3.05) is 11.9 Å². The first kappa shape index (κ1) is 27.8. The maximum absolute atomic E-state index is 13.6. The molecule has 3 heterocycles. The molecule has 0 saturated carbocycles. The summed E-state index contributed by atoms with van der Waals surface area (Å²) in [6.45, 7) is 8.63. The standard InChI is InChI=1S/C33H35ClN4O2/c1-4-6-17-32(3)37-28(24-13-9-10-15-26(34)20-24)30(39)38(32)19-11-7-8-14-25-22-33(21-23(25)5-2)27-16-12-18-35-29(27)36-31(33)40/h5,7-16,18H,2,4,6,17,19-22H2,1,3H3,(H,35,36,40)/b11-7+,14-8+. The third-order valence-electron chi connectivity index (χ3n) is 8.20. The molecule has 1 aromatic rings. The van der Waals surface area contributed by atoms with Crippen LogP contribution in [-0.2, 0) is 15.0 Å². The van der Waals surface area contributed by atoms with E-state index in [2.05, 4.69) is 23.8 Å². The number of halogens is 1. The number of aliphatic imine (C=N–C) groups is 1. The van der Waals surface area contributed by atoms with E-state index in [9.17, 15) is 9.59 Å². The summed E-state index contributed by atoms with van der Waals surface area (Å²) in [5, 5.41) is 3.63. The number of fused-ring (bicyclic) bond motifs is 2. The van der Waals surface area contributed by atoms with E-state index in [-0.39, 0.29) is 11.8 Å². The van der Waals surface area contributed by atoms with Gasteiger partial charge in [-0.2, -0.15) is 0 Å². The number of anilines is 1. The molecule has 0 saturated heterocycles. The molecule has 5 rings (SSSR count). The quantitative estimate of drug-likeness (QED) is 0.339. The fraction of sp³-hybridized carbons (Fsp3) is 0.333. The van der Waals surface area contributed by atoms with Gasteiger partial charge in [0.25, 0.3) is 5.91 Å². The van der Waals surface area contributed by atoms with Crippen LogP contribution in [0.2, 0.25) is 0 Å². The van der Waals surface area contributed by atoms with Crippen molar-refractivity contribution in [3.8, 4) is 0 Å². The number of carbonyl (C=O) groups is 2. The monoisotopic (exact) mass is 554 g/mol. The van der Waals surface area contributed by atoms with Crippen molar-refractivity contribution in [3.63, 3.8) is 0 Å². The molecule has 40 heavy (non-hydrogen) atoms. The highest BCUT2D eigenvalue weighted by atomic mass is 35.5. The summed E-state index contributed by atoms with van der Waals surface area (Å²) in [7, 11) is 0. The molecule has 4 aliphatic rings. The molecule has 2 atom stereocenters. The third-order valence-corrected chi connectivity index (χ3v) is 8.46. The highest BCUT2D eigenvalue weighted by Gasteiger charge is 2.51. The molecule has 2 aliphatic carbocycles. The maximum atomic E-state index is 13.6. The zero-order valence-corrected chi connectivity index (χ0v) is 23.9. The molecule has 206 valence electrons. The molecular weight excluding hydrogens is 520 g/mol. The highest BCUT2D eigenvalue weighted by molar-refractivity contribution is 6.47. The first-order valence-electron chi connectivity index (χ1n) is 13.9. The number of pyridine rings is 1. The molecule has 2 unspecified atom stereocenters. The summed E-state index contributed by atoms with van der Waals surface area (Å²) < 4.78 is 0. The molecule has 6 nitrogen and oxygen atoms in total. The second-order valence-corrected chi connectivity index (χ2v) is 11.4. The van der Waals surface area contributed by atoms with Crippen LogP contribution in [0.1, 0.15) is 57.9 Å². The van der Waals surface area contributed by atoms with Crippen molar-refractivity contribution < 1.29 is 9.59 Å². The summed E-state index contributed by atoms with van der Waals surface area (Å²) in [6.07, 6.45) is 23.6. The van der Waals surface area contributed by atoms with E-state index in [0.717, 1.165) is 41.5 Å². The molecule has 0 fully saturated rings. The van der Waals surface area contributed by atoms with Crippen molar-refractivity contribution in [1.82, 2.24) is 9.88 Å². The maximum Gasteiger partial charge on any atom is 0.274 e. The normalized spacial score (nSPS) is 26.1. The number of allylic oxidation sites excluding steroid dienone is 11. The Balaban J connectivity index is 1.30. The van der Waals surface area contributed by atoms with Crippen LogP contribution in [0.25, 0.3) is 0 Å². The zero-order chi connectivity index (χ0) is 28.3. The first-order chi connectivity index (χ1) is 19.3. The minimum Gasteiger partial charge on any atom is -0.310 e. The van der Waals surface area contributed by atoms with Crippen LogP contribution in [0.3, 0.4) is 0 Å². The van der Waals surface area contributed by atoms with E-state index >= 15 is 0 Å². The Morgan fingerprint density at radius 1 is 1.18 bits per heavy atom. The van der Waals surface area contributed by atoms with Gasteiger partial charge >= 0.3 is 0 Å². The Morgan fingerprint density at radius 2 is 1.98 bits per heavy atom. The largest absolute Gasteiger partial charge is 0.310 e. The average Bonchev–Trinajstić information content (AvgIpc) is 3.47. The predicted octanol–water partition coefficient (Wildman–Crippen LogP) is 6.86. The lowest BCUT2D eigenvalue weighted by atomic mass is 9.78. The number of hydrogen-bond acceptors (Lipinski definition) is 4. The van der Waals surface area contributed by atoms with E-state index in [4.69, 9.17) is 16.6 Å². The smallest absolute Gasteiger partial charge is 0.274 e. The van der Waals surface area contributed by atoms with E-state index in [1.807, 2.05) is 78.6 Å². The van der Waals surface area contributed by atoms with Crippen molar-refractivity contribution in [3.05, 3.63) is 107 Å². The van der Waals surface area contributed by atoms with E-state index in [1.165, 1.54) is 0 Å². The number of unbranched alkanes of at least 4 members (excludes halogenated alkanes) is 1. The van der Waals surface area contributed by atoms with Gasteiger partial charge in [0.05, 0.1) is 5.41 Å². The van der Waals surface area contributed by atoms with Gasteiger partial charge in [0.15, 0.2) is 0 Å². The Hall–Kier alpha value is -3.77. The van der Waals surface area contributed by atoms with Crippen LogP contribution in [0.4, 0.5) is 5.82 Å². The molecule has 1 N–H and O–H groups in total. The van der Waals surface area contributed by atoms with Crippen molar-refractivity contribution in [2.45, 2.75) is 63.5 Å². The zero-order valence-electron chi connectivity index (χ0n) is 23.1. The number of aromatic nitrogens is 1. The lowest BCUT2D eigenvalue weighted by Crippen LogP contribution is -2.44. The van der Waals surface area contributed by atoms with Crippen molar-refractivity contribution in [1.29, 1.82) is 0 Å². The number of nitrogens with zero attached hydrogens (tertiary/aromatic N) is 3. The lowest BCUT2D eigenvalue weighted by Gasteiger charge is -2.32. The van der Waals surface area contributed by atoms with Crippen LogP contribution in [0.15, 0.2) is 106 Å². The fourth-order valence-corrected chi connectivity index (χ4v) is 6.21. The molecular formula is C33H35ClN4O2. The van der Waals surface area contributed by atoms with Crippen LogP contribution >= 0.6 is 11.6 Å².